The summed E-state index contributed by atoms with van der Waals surface area (Å²) in [4.78, 5) is 14.4. The van der Waals surface area contributed by atoms with Crippen LogP contribution in [0.2, 0.25) is 0 Å². The molecule has 15 heavy (non-hydrogen) atoms. The van der Waals surface area contributed by atoms with Crippen molar-refractivity contribution in [3.05, 3.63) is 0 Å². The molecule has 0 saturated carbocycles. The molecule has 0 aromatic rings. The second-order valence-corrected chi connectivity index (χ2v) is 3.55. The lowest BCUT2D eigenvalue weighted by molar-refractivity contribution is -0.139. The second kappa shape index (κ2) is 7.05. The zero-order valence-corrected chi connectivity index (χ0v) is 9.02. The molecule has 0 fully saturated rings. The third-order valence-corrected chi connectivity index (χ3v) is 2.31. The molecule has 6 heteroatoms. The number of carboxylic acids is 1. The van der Waals surface area contributed by atoms with Gasteiger partial charge < -0.3 is 22.3 Å². The van der Waals surface area contributed by atoms with Crippen molar-refractivity contribution in [3.8, 4) is 0 Å². The molecule has 0 aromatic carbocycles. The highest BCUT2D eigenvalue weighted by Crippen LogP contribution is 2.14. The topological polar surface area (TPSA) is 128 Å². The van der Waals surface area contributed by atoms with Crippen LogP contribution < -0.4 is 17.2 Å². The first-order valence-electron chi connectivity index (χ1n) is 5.01. The van der Waals surface area contributed by atoms with Crippen LogP contribution in [-0.2, 0) is 4.79 Å². The largest absolute Gasteiger partial charge is 0.480 e. The first-order chi connectivity index (χ1) is 6.97. The van der Waals surface area contributed by atoms with Gasteiger partial charge in [-0.1, -0.05) is 13.3 Å². The van der Waals surface area contributed by atoms with Gasteiger partial charge in [-0.05, 0) is 18.8 Å². The highest BCUT2D eigenvalue weighted by Gasteiger charge is 2.17. The molecule has 7 N–H and O–H groups in total. The van der Waals surface area contributed by atoms with Crippen LogP contribution in [0.3, 0.4) is 0 Å². The number of aliphatic imine (C=N–C) groups is 1. The van der Waals surface area contributed by atoms with E-state index in [4.69, 9.17) is 22.3 Å². The average Bonchev–Trinajstić information content (AvgIpc) is 2.15. The Kier molecular flexibility index (Phi) is 6.44. The van der Waals surface area contributed by atoms with Gasteiger partial charge in [-0.2, -0.15) is 0 Å². The van der Waals surface area contributed by atoms with Gasteiger partial charge in [0.25, 0.3) is 0 Å². The fourth-order valence-electron chi connectivity index (χ4n) is 1.32. The Morgan fingerprint density at radius 1 is 1.47 bits per heavy atom. The molecule has 0 aliphatic carbocycles. The molecule has 1 unspecified atom stereocenters. The van der Waals surface area contributed by atoms with Crippen molar-refractivity contribution in [3.63, 3.8) is 0 Å². The fourth-order valence-corrected chi connectivity index (χ4v) is 1.32. The number of aliphatic carboxylic acids is 1. The number of hydrogen-bond donors (Lipinski definition) is 4. The van der Waals surface area contributed by atoms with Gasteiger partial charge in [-0.25, -0.2) is 0 Å². The van der Waals surface area contributed by atoms with E-state index in [1.807, 2.05) is 6.92 Å². The number of nitrogens with zero attached hydrogens (tertiary/aromatic N) is 1. The van der Waals surface area contributed by atoms with Gasteiger partial charge >= 0.3 is 5.97 Å². The van der Waals surface area contributed by atoms with Gasteiger partial charge in [0.05, 0.1) is 0 Å². The van der Waals surface area contributed by atoms with Crippen LogP contribution in [0.15, 0.2) is 4.99 Å². The minimum Gasteiger partial charge on any atom is -0.480 e. The minimum absolute atomic E-state index is 0.0624. The molecule has 88 valence electrons. The van der Waals surface area contributed by atoms with E-state index in [2.05, 4.69) is 4.99 Å². The molecule has 6 nitrogen and oxygen atoms in total. The molecule has 0 aliphatic heterocycles. The number of carboxylic acid groups (broad SMARTS) is 1. The molecular weight excluding hydrogens is 196 g/mol. The van der Waals surface area contributed by atoms with Crippen molar-refractivity contribution in [1.29, 1.82) is 0 Å². The Morgan fingerprint density at radius 2 is 2.07 bits per heavy atom. The van der Waals surface area contributed by atoms with Gasteiger partial charge in [0.15, 0.2) is 5.96 Å². The Bertz CT molecular complexity index is 226. The quantitative estimate of drug-likeness (QED) is 0.336. The van der Waals surface area contributed by atoms with Crippen molar-refractivity contribution in [1.82, 2.24) is 0 Å². The Morgan fingerprint density at radius 3 is 2.47 bits per heavy atom. The van der Waals surface area contributed by atoms with Crippen LogP contribution in [0.4, 0.5) is 0 Å². The lowest BCUT2D eigenvalue weighted by atomic mass is 9.94. The number of hydrogen-bond acceptors (Lipinski definition) is 3. The predicted molar refractivity (Wildman–Crippen MR) is 59.3 cm³/mol. The zero-order chi connectivity index (χ0) is 11.8. The summed E-state index contributed by atoms with van der Waals surface area (Å²) in [6.45, 7) is 2.52. The zero-order valence-electron chi connectivity index (χ0n) is 9.02. The molecule has 0 saturated heterocycles. The van der Waals surface area contributed by atoms with E-state index in [-0.39, 0.29) is 11.9 Å². The summed E-state index contributed by atoms with van der Waals surface area (Å²) in [6, 6.07) is -0.797. The van der Waals surface area contributed by atoms with Crippen LogP contribution in [0, 0.1) is 5.92 Å². The molecule has 0 spiro atoms. The summed E-state index contributed by atoms with van der Waals surface area (Å²) < 4.78 is 0. The van der Waals surface area contributed by atoms with E-state index in [1.165, 1.54) is 0 Å². The van der Waals surface area contributed by atoms with E-state index in [9.17, 15) is 4.79 Å². The number of carbonyl (C=O) groups is 1. The van der Waals surface area contributed by atoms with E-state index in [1.54, 1.807) is 0 Å². The van der Waals surface area contributed by atoms with Crippen molar-refractivity contribution < 1.29 is 9.90 Å². The van der Waals surface area contributed by atoms with E-state index in [0.717, 1.165) is 12.8 Å². The lowest BCUT2D eigenvalue weighted by Crippen LogP contribution is -2.32. The van der Waals surface area contributed by atoms with E-state index >= 15 is 0 Å². The third kappa shape index (κ3) is 6.73. The fraction of sp³-hybridized carbons (Fsp3) is 0.778. The highest BCUT2D eigenvalue weighted by atomic mass is 16.4. The maximum atomic E-state index is 10.5. The van der Waals surface area contributed by atoms with Gasteiger partial charge in [0.2, 0.25) is 0 Å². The minimum atomic E-state index is -0.963. The predicted octanol–water partition coefficient (Wildman–Crippen LogP) is -0.522. The normalized spacial score (nSPS) is 14.3. The van der Waals surface area contributed by atoms with Crippen molar-refractivity contribution in [2.45, 2.75) is 32.2 Å². The van der Waals surface area contributed by atoms with Crippen LogP contribution in [0.1, 0.15) is 26.2 Å². The highest BCUT2D eigenvalue weighted by molar-refractivity contribution is 5.75. The molecule has 0 aliphatic rings. The molecule has 0 radical (unpaired) electrons. The molecule has 0 heterocycles. The number of nitrogens with two attached hydrogens (primary N) is 3. The monoisotopic (exact) mass is 216 g/mol. The second-order valence-electron chi connectivity index (χ2n) is 3.55. The van der Waals surface area contributed by atoms with Gasteiger partial charge in [0.1, 0.15) is 6.04 Å². The molecular formula is C9H20N4O2. The van der Waals surface area contributed by atoms with Crippen LogP contribution in [0.25, 0.3) is 0 Å². The number of guanidine groups is 1. The first kappa shape index (κ1) is 13.7. The summed E-state index contributed by atoms with van der Waals surface area (Å²) in [6.07, 6.45) is 2.10. The maximum absolute atomic E-state index is 10.5. The third-order valence-electron chi connectivity index (χ3n) is 2.31. The standard InChI is InChI=1S/C9H20N4O2/c1-2-6(3-4-13-9(11)12)5-7(10)8(14)15/h6-7H,2-5,10H2,1H3,(H,14,15)(H4,11,12,13)/t6?,7-/m0/s1. The molecule has 0 rings (SSSR count). The Balaban J connectivity index is 3.93. The summed E-state index contributed by atoms with van der Waals surface area (Å²) in [7, 11) is 0. The van der Waals surface area contributed by atoms with E-state index in [0.29, 0.717) is 13.0 Å². The molecule has 0 bridgehead atoms. The van der Waals surface area contributed by atoms with Crippen LogP contribution in [0.5, 0.6) is 0 Å². The summed E-state index contributed by atoms with van der Waals surface area (Å²) >= 11 is 0. The number of rotatable bonds is 7. The maximum Gasteiger partial charge on any atom is 0.320 e. The Labute approximate surface area is 89.5 Å². The summed E-state index contributed by atoms with van der Waals surface area (Å²) in [5, 5.41) is 8.65. The lowest BCUT2D eigenvalue weighted by Gasteiger charge is -2.15. The summed E-state index contributed by atoms with van der Waals surface area (Å²) in [5.74, 6) is -0.651. The van der Waals surface area contributed by atoms with Gasteiger partial charge in [0, 0.05) is 6.54 Å². The van der Waals surface area contributed by atoms with Crippen LogP contribution >= 0.6 is 0 Å². The first-order valence-corrected chi connectivity index (χ1v) is 5.01. The Hall–Kier alpha value is -1.30. The summed E-state index contributed by atoms with van der Waals surface area (Å²) in [5.41, 5.74) is 15.8. The average molecular weight is 216 g/mol. The van der Waals surface area contributed by atoms with Gasteiger partial charge in [-0.3, -0.25) is 9.79 Å². The molecule has 2 atom stereocenters. The van der Waals surface area contributed by atoms with Crippen molar-refractivity contribution in [2.24, 2.45) is 28.1 Å². The van der Waals surface area contributed by atoms with Gasteiger partial charge in [-0.15, -0.1) is 0 Å². The van der Waals surface area contributed by atoms with E-state index < -0.39 is 12.0 Å². The van der Waals surface area contributed by atoms with Crippen molar-refractivity contribution in [2.75, 3.05) is 6.54 Å². The van der Waals surface area contributed by atoms with Crippen molar-refractivity contribution >= 4 is 11.9 Å². The smallest absolute Gasteiger partial charge is 0.320 e. The molecule has 0 aromatic heterocycles. The SMILES string of the molecule is CCC(CCN=C(N)N)C[C@H](N)C(=O)O. The van der Waals surface area contributed by atoms with Crippen LogP contribution in [-0.4, -0.2) is 29.6 Å². The molecule has 0 amide bonds.